The number of carbonyl (C=O) groups excluding carboxylic acids is 2. The van der Waals surface area contributed by atoms with Gasteiger partial charge in [-0.2, -0.15) is 0 Å². The number of hydrogen-bond donors (Lipinski definition) is 4. The van der Waals surface area contributed by atoms with E-state index in [0.29, 0.717) is 17.5 Å². The highest BCUT2D eigenvalue weighted by molar-refractivity contribution is 8.01. The molecule has 4 atom stereocenters. The molecule has 4 N–H and O–H groups in total. The molecule has 7 nitrogen and oxygen atoms in total. The Bertz CT molecular complexity index is 1030. The minimum Gasteiger partial charge on any atom is -0.484 e. The van der Waals surface area contributed by atoms with Gasteiger partial charge in [-0.25, -0.2) is 4.39 Å². The number of hydrogen-bond acceptors (Lipinski definition) is 6. The van der Waals surface area contributed by atoms with Crippen LogP contribution in [0.1, 0.15) is 64.2 Å². The second-order valence-corrected chi connectivity index (χ2v) is 13.6. The zero-order chi connectivity index (χ0) is 25.6. The first-order valence-corrected chi connectivity index (χ1v) is 15.0. The van der Waals surface area contributed by atoms with E-state index in [0.717, 1.165) is 38.1 Å². The maximum Gasteiger partial charge on any atom is 0.258 e. The minimum absolute atomic E-state index is 0.0133. The Kier molecular flexibility index (Phi) is 7.09. The minimum atomic E-state index is -0.581. The fraction of sp³-hybridized carbons (Fsp3) is 0.704. The summed E-state index contributed by atoms with van der Waals surface area (Å²) < 4.78 is 18.9. The summed E-state index contributed by atoms with van der Waals surface area (Å²) >= 11 is 7.45. The molecule has 10 heteroatoms. The molecule has 0 spiro atoms. The van der Waals surface area contributed by atoms with Gasteiger partial charge in [0.05, 0.1) is 15.6 Å². The summed E-state index contributed by atoms with van der Waals surface area (Å²) in [5.41, 5.74) is -0.451. The summed E-state index contributed by atoms with van der Waals surface area (Å²) in [6, 6.07) is 4.95. The smallest absolute Gasteiger partial charge is 0.258 e. The number of piperazine rings is 1. The number of fused-ring (bicyclic) bond motifs is 1. The van der Waals surface area contributed by atoms with Crippen molar-refractivity contribution in [3.63, 3.8) is 0 Å². The fourth-order valence-corrected chi connectivity index (χ4v) is 8.83. The Labute approximate surface area is 226 Å². The van der Waals surface area contributed by atoms with Gasteiger partial charge in [0.1, 0.15) is 11.6 Å². The lowest BCUT2D eigenvalue weighted by molar-refractivity contribution is -0.150. The van der Waals surface area contributed by atoms with Crippen molar-refractivity contribution in [3.8, 4) is 5.75 Å². The monoisotopic (exact) mass is 550 g/mol. The first-order chi connectivity index (χ1) is 17.8. The Morgan fingerprint density at radius 2 is 1.81 bits per heavy atom. The zero-order valence-corrected chi connectivity index (χ0v) is 22.6. The van der Waals surface area contributed by atoms with Crippen molar-refractivity contribution >= 4 is 35.2 Å². The number of nitrogens with one attached hydrogen (secondary N) is 4. The Morgan fingerprint density at radius 3 is 2.54 bits per heavy atom. The zero-order valence-electron chi connectivity index (χ0n) is 21.0. The lowest BCUT2D eigenvalue weighted by Gasteiger charge is -2.70. The average Bonchev–Trinajstić information content (AvgIpc) is 3.08. The van der Waals surface area contributed by atoms with Crippen molar-refractivity contribution < 1.29 is 18.7 Å². The van der Waals surface area contributed by atoms with E-state index < -0.39 is 5.82 Å². The molecule has 2 bridgehead atoms. The molecule has 6 fully saturated rings. The van der Waals surface area contributed by atoms with Gasteiger partial charge in [-0.15, -0.1) is 11.8 Å². The summed E-state index contributed by atoms with van der Waals surface area (Å²) in [6.07, 6.45) is 11.1. The Hall–Kier alpha value is -1.55. The number of rotatable bonds is 7. The topological polar surface area (TPSA) is 91.5 Å². The van der Waals surface area contributed by atoms with Gasteiger partial charge in [0.15, 0.2) is 6.61 Å². The molecule has 2 saturated heterocycles. The number of ether oxygens (including phenoxy) is 1. The molecule has 4 unspecified atom stereocenters. The van der Waals surface area contributed by atoms with E-state index in [9.17, 15) is 14.0 Å². The molecule has 2 aliphatic heterocycles. The third kappa shape index (κ3) is 5.34. The van der Waals surface area contributed by atoms with Crippen LogP contribution in [0.2, 0.25) is 5.02 Å². The highest BCUT2D eigenvalue weighted by Gasteiger charge is 2.69. The lowest BCUT2D eigenvalue weighted by Crippen LogP contribution is -2.84. The molecule has 4 saturated carbocycles. The SMILES string of the molecule is O=C(COc1ccc(Cl)c(F)c1)NC12CC(NC(=O)C3CC4NCC(C5CCCCCC5)NC4S3)(C1)C2. The lowest BCUT2D eigenvalue weighted by atomic mass is 9.44. The van der Waals surface area contributed by atoms with E-state index >= 15 is 0 Å². The molecular formula is C27H36ClFN4O3S. The van der Waals surface area contributed by atoms with Crippen molar-refractivity contribution in [2.75, 3.05) is 13.2 Å². The number of thioether (sulfide) groups is 1. The van der Waals surface area contributed by atoms with E-state index in [1.54, 1.807) is 11.8 Å². The van der Waals surface area contributed by atoms with Gasteiger partial charge in [-0.1, -0.05) is 37.3 Å². The molecule has 2 heterocycles. The number of halogens is 2. The van der Waals surface area contributed by atoms with E-state index in [-0.39, 0.29) is 45.5 Å². The number of benzene rings is 1. The number of amides is 2. The van der Waals surface area contributed by atoms with Crippen LogP contribution in [0.4, 0.5) is 4.39 Å². The van der Waals surface area contributed by atoms with Crippen LogP contribution in [0.3, 0.4) is 0 Å². The summed E-state index contributed by atoms with van der Waals surface area (Å²) in [4.78, 5) is 25.5. The highest BCUT2D eigenvalue weighted by atomic mass is 35.5. The first kappa shape index (κ1) is 25.7. The van der Waals surface area contributed by atoms with E-state index in [2.05, 4.69) is 21.3 Å². The summed E-state index contributed by atoms with van der Waals surface area (Å²) in [5, 5.41) is 14.2. The van der Waals surface area contributed by atoms with Crippen molar-refractivity contribution in [2.24, 2.45) is 5.92 Å². The van der Waals surface area contributed by atoms with Crippen molar-refractivity contribution in [1.29, 1.82) is 0 Å². The number of carbonyl (C=O) groups is 2. The van der Waals surface area contributed by atoms with Crippen LogP contribution in [0, 0.1) is 11.7 Å². The third-order valence-electron chi connectivity index (χ3n) is 8.97. The Morgan fingerprint density at radius 1 is 1.08 bits per heavy atom. The van der Waals surface area contributed by atoms with Gasteiger partial charge in [0, 0.05) is 35.8 Å². The predicted molar refractivity (Wildman–Crippen MR) is 142 cm³/mol. The van der Waals surface area contributed by atoms with Crippen LogP contribution >= 0.6 is 23.4 Å². The molecule has 0 aromatic heterocycles. The molecule has 6 aliphatic rings. The van der Waals surface area contributed by atoms with Crippen molar-refractivity contribution in [1.82, 2.24) is 21.3 Å². The van der Waals surface area contributed by atoms with Gasteiger partial charge in [0.2, 0.25) is 5.91 Å². The standard InChI is InChI=1S/C27H36ClFN4O3S/c28-18-8-7-17(9-19(18)29)36-12-23(34)32-26-13-27(14-26,15-26)33-24(35)22-10-20-25(37-22)31-21(11-30-20)16-5-3-1-2-4-6-16/h7-9,16,20-22,25,30-31H,1-6,10-15H2,(H,32,34)(H,33,35). The summed E-state index contributed by atoms with van der Waals surface area (Å²) in [6.45, 7) is 0.815. The fourth-order valence-electron chi connectivity index (χ4n) is 7.20. The molecule has 1 aromatic carbocycles. The molecule has 2 amide bonds. The van der Waals surface area contributed by atoms with Crippen LogP contribution < -0.4 is 26.0 Å². The van der Waals surface area contributed by atoms with Crippen molar-refractivity contribution in [3.05, 3.63) is 29.0 Å². The van der Waals surface area contributed by atoms with E-state index in [4.69, 9.17) is 16.3 Å². The average molecular weight is 551 g/mol. The summed E-state index contributed by atoms with van der Waals surface area (Å²) in [5.74, 6) is 0.307. The Balaban J connectivity index is 0.932. The maximum atomic E-state index is 13.5. The largest absolute Gasteiger partial charge is 0.484 e. The van der Waals surface area contributed by atoms with Crippen LogP contribution in [-0.4, -0.2) is 58.8 Å². The molecule has 4 aliphatic carbocycles. The summed E-state index contributed by atoms with van der Waals surface area (Å²) in [7, 11) is 0. The van der Waals surface area contributed by atoms with Gasteiger partial charge >= 0.3 is 0 Å². The van der Waals surface area contributed by atoms with Crippen LogP contribution in [0.25, 0.3) is 0 Å². The van der Waals surface area contributed by atoms with E-state index in [1.165, 1.54) is 56.7 Å². The maximum absolute atomic E-state index is 13.5. The second-order valence-electron chi connectivity index (χ2n) is 11.8. The third-order valence-corrected chi connectivity index (χ3v) is 10.8. The van der Waals surface area contributed by atoms with Crippen LogP contribution in [-0.2, 0) is 9.59 Å². The second kappa shape index (κ2) is 10.2. The quantitative estimate of drug-likeness (QED) is 0.389. The van der Waals surface area contributed by atoms with Crippen molar-refractivity contribution in [2.45, 2.75) is 98.0 Å². The van der Waals surface area contributed by atoms with Gasteiger partial charge in [-0.3, -0.25) is 14.9 Å². The van der Waals surface area contributed by atoms with E-state index in [1.807, 2.05) is 0 Å². The van der Waals surface area contributed by atoms with Gasteiger partial charge in [0.25, 0.3) is 5.91 Å². The normalized spacial score (nSPS) is 36.9. The molecular weight excluding hydrogens is 515 g/mol. The molecule has 0 radical (unpaired) electrons. The predicted octanol–water partition coefficient (Wildman–Crippen LogP) is 3.50. The van der Waals surface area contributed by atoms with Crippen LogP contribution in [0.5, 0.6) is 5.75 Å². The molecule has 1 aromatic rings. The van der Waals surface area contributed by atoms with Gasteiger partial charge in [-0.05, 0) is 56.6 Å². The van der Waals surface area contributed by atoms with Crippen LogP contribution in [0.15, 0.2) is 18.2 Å². The highest BCUT2D eigenvalue weighted by Crippen LogP contribution is 2.60. The molecule has 37 heavy (non-hydrogen) atoms. The van der Waals surface area contributed by atoms with Gasteiger partial charge < -0.3 is 20.7 Å². The molecule has 202 valence electrons. The molecule has 7 rings (SSSR count). The first-order valence-electron chi connectivity index (χ1n) is 13.7.